The van der Waals surface area contributed by atoms with Crippen molar-refractivity contribution in [2.45, 2.75) is 57.7 Å². The lowest BCUT2D eigenvalue weighted by Gasteiger charge is -2.49. The van der Waals surface area contributed by atoms with Crippen molar-refractivity contribution in [2.24, 2.45) is 0 Å². The fraction of sp³-hybridized carbons (Fsp3) is 0.409. The van der Waals surface area contributed by atoms with E-state index in [-0.39, 0.29) is 23.2 Å². The smallest absolute Gasteiger partial charge is 0.318 e. The summed E-state index contributed by atoms with van der Waals surface area (Å²) >= 11 is 0. The monoisotopic (exact) mass is 366 g/mol. The van der Waals surface area contributed by atoms with E-state index in [0.717, 1.165) is 5.56 Å². The van der Waals surface area contributed by atoms with Crippen molar-refractivity contribution < 1.29 is 14.6 Å². The molecule has 2 heterocycles. The lowest BCUT2D eigenvalue weighted by molar-refractivity contribution is -0.0241. The number of fused-ring (bicyclic) bond motifs is 1. The van der Waals surface area contributed by atoms with Gasteiger partial charge in [-0.05, 0) is 39.3 Å². The molecule has 2 atom stereocenters. The fourth-order valence-corrected chi connectivity index (χ4v) is 4.42. The molecule has 0 unspecified atom stereocenters. The minimum Gasteiger partial charge on any atom is -0.508 e. The van der Waals surface area contributed by atoms with Crippen LogP contribution in [0, 0.1) is 13.8 Å². The molecule has 3 N–H and O–H groups in total. The highest BCUT2D eigenvalue weighted by molar-refractivity contribution is 5.77. The van der Waals surface area contributed by atoms with Gasteiger partial charge >= 0.3 is 6.03 Å². The van der Waals surface area contributed by atoms with E-state index in [2.05, 4.69) is 41.8 Å². The lowest BCUT2D eigenvalue weighted by atomic mass is 9.76. The summed E-state index contributed by atoms with van der Waals surface area (Å²) in [7, 11) is 0. The summed E-state index contributed by atoms with van der Waals surface area (Å²) in [5, 5.41) is 16.2. The average molecular weight is 366 g/mol. The molecule has 5 nitrogen and oxygen atoms in total. The van der Waals surface area contributed by atoms with Crippen molar-refractivity contribution >= 4 is 6.03 Å². The molecule has 1 fully saturated rings. The number of rotatable bonds is 1. The third-order valence-corrected chi connectivity index (χ3v) is 5.61. The number of benzene rings is 2. The summed E-state index contributed by atoms with van der Waals surface area (Å²) < 4.78 is 6.42. The Morgan fingerprint density at radius 1 is 1.07 bits per heavy atom. The van der Waals surface area contributed by atoms with Crippen LogP contribution in [-0.4, -0.2) is 22.4 Å². The zero-order chi connectivity index (χ0) is 19.4. The highest BCUT2D eigenvalue weighted by Gasteiger charge is 2.50. The van der Waals surface area contributed by atoms with Gasteiger partial charge < -0.3 is 20.5 Å². The number of carbonyl (C=O) groups excluding carboxylic acids is 1. The lowest BCUT2D eigenvalue weighted by Crippen LogP contribution is -2.69. The number of urea groups is 1. The van der Waals surface area contributed by atoms with Crippen LogP contribution in [0.4, 0.5) is 4.79 Å². The van der Waals surface area contributed by atoms with E-state index in [1.165, 1.54) is 11.1 Å². The summed E-state index contributed by atoms with van der Waals surface area (Å²) in [6, 6.07) is 11.9. The number of hydrogen-bond donors (Lipinski definition) is 3. The van der Waals surface area contributed by atoms with Crippen LogP contribution in [-0.2, 0) is 0 Å². The van der Waals surface area contributed by atoms with Gasteiger partial charge in [-0.3, -0.25) is 0 Å². The Hall–Kier alpha value is -2.69. The zero-order valence-electron chi connectivity index (χ0n) is 16.2. The van der Waals surface area contributed by atoms with Crippen molar-refractivity contribution in [3.63, 3.8) is 0 Å². The molecule has 1 saturated heterocycles. The largest absolute Gasteiger partial charge is 0.508 e. The van der Waals surface area contributed by atoms with E-state index in [9.17, 15) is 9.90 Å². The molecular formula is C22H26N2O3. The molecule has 2 aromatic rings. The van der Waals surface area contributed by atoms with Gasteiger partial charge in [0.15, 0.2) is 5.72 Å². The molecule has 27 heavy (non-hydrogen) atoms. The Balaban J connectivity index is 1.86. The minimum absolute atomic E-state index is 0.0721. The molecule has 1 spiro atoms. The Morgan fingerprint density at radius 2 is 1.78 bits per heavy atom. The molecule has 4 rings (SSSR count). The van der Waals surface area contributed by atoms with Crippen molar-refractivity contribution in [2.75, 3.05) is 0 Å². The number of aromatic hydroxyl groups is 1. The van der Waals surface area contributed by atoms with Crippen LogP contribution in [0.1, 0.15) is 54.9 Å². The Morgan fingerprint density at radius 3 is 2.44 bits per heavy atom. The van der Waals surface area contributed by atoms with E-state index in [4.69, 9.17) is 4.74 Å². The van der Waals surface area contributed by atoms with Crippen LogP contribution in [0.5, 0.6) is 11.5 Å². The molecule has 2 aliphatic heterocycles. The first-order valence-electron chi connectivity index (χ1n) is 9.36. The molecule has 2 aromatic carbocycles. The van der Waals surface area contributed by atoms with Crippen LogP contribution in [0.2, 0.25) is 0 Å². The Labute approximate surface area is 159 Å². The molecule has 2 amide bonds. The maximum Gasteiger partial charge on any atom is 0.318 e. The molecule has 0 saturated carbocycles. The molecule has 0 aliphatic carbocycles. The predicted molar refractivity (Wildman–Crippen MR) is 104 cm³/mol. The Bertz CT molecular complexity index is 905. The third kappa shape index (κ3) is 3.11. The zero-order valence-corrected chi connectivity index (χ0v) is 16.2. The van der Waals surface area contributed by atoms with Gasteiger partial charge in [-0.1, -0.05) is 35.9 Å². The van der Waals surface area contributed by atoms with Gasteiger partial charge in [0.2, 0.25) is 0 Å². The fourth-order valence-electron chi connectivity index (χ4n) is 4.42. The van der Waals surface area contributed by atoms with E-state index >= 15 is 0 Å². The van der Waals surface area contributed by atoms with Crippen molar-refractivity contribution in [1.82, 2.24) is 10.6 Å². The van der Waals surface area contributed by atoms with Gasteiger partial charge in [-0.15, -0.1) is 0 Å². The van der Waals surface area contributed by atoms with Crippen molar-refractivity contribution in [1.29, 1.82) is 0 Å². The highest BCUT2D eigenvalue weighted by atomic mass is 16.5. The van der Waals surface area contributed by atoms with E-state index in [0.29, 0.717) is 24.2 Å². The molecule has 2 aliphatic rings. The van der Waals surface area contributed by atoms with Crippen molar-refractivity contribution in [3.8, 4) is 11.5 Å². The number of phenols is 1. The number of carbonyl (C=O) groups is 1. The highest BCUT2D eigenvalue weighted by Crippen LogP contribution is 2.49. The van der Waals surface area contributed by atoms with Gasteiger partial charge in [0.05, 0.1) is 0 Å². The van der Waals surface area contributed by atoms with Crippen LogP contribution in [0.3, 0.4) is 0 Å². The van der Waals surface area contributed by atoms with E-state index < -0.39 is 5.72 Å². The minimum atomic E-state index is -0.813. The maximum absolute atomic E-state index is 12.4. The van der Waals surface area contributed by atoms with Gasteiger partial charge in [0.25, 0.3) is 0 Å². The summed E-state index contributed by atoms with van der Waals surface area (Å²) in [4.78, 5) is 12.4. The van der Waals surface area contributed by atoms with Crippen LogP contribution in [0.15, 0.2) is 36.4 Å². The SMILES string of the molecule is Cc1ccc([C@@H]2C[C@@]3(CC(C)(C)NC(=O)N3)Oc3c2ccc(O)c3C)cc1. The molecule has 0 bridgehead atoms. The van der Waals surface area contributed by atoms with Crippen LogP contribution in [0.25, 0.3) is 0 Å². The second-order valence-corrected chi connectivity index (χ2v) is 8.53. The van der Waals surface area contributed by atoms with E-state index in [1.54, 1.807) is 6.07 Å². The van der Waals surface area contributed by atoms with Crippen LogP contribution >= 0.6 is 0 Å². The first kappa shape index (κ1) is 17.7. The second kappa shape index (κ2) is 5.91. The van der Waals surface area contributed by atoms with Crippen molar-refractivity contribution in [3.05, 3.63) is 58.7 Å². The number of amides is 2. The number of nitrogens with one attached hydrogen (secondary N) is 2. The standard InChI is InChI=1S/C22H26N2O3/c1-13-5-7-15(8-6-13)17-11-22(12-21(3,4)23-20(26)24-22)27-19-14(2)18(25)10-9-16(17)19/h5-10,17,25H,11-12H2,1-4H3,(H2,23,24,26)/t17-,22-/m0/s1. The molecule has 0 aromatic heterocycles. The average Bonchev–Trinajstić information content (AvgIpc) is 2.57. The first-order valence-corrected chi connectivity index (χ1v) is 9.36. The normalized spacial score (nSPS) is 25.9. The second-order valence-electron chi connectivity index (χ2n) is 8.53. The topological polar surface area (TPSA) is 70.6 Å². The molecule has 0 radical (unpaired) electrons. The Kier molecular flexibility index (Phi) is 3.88. The summed E-state index contributed by atoms with van der Waals surface area (Å²) in [6.07, 6.45) is 1.27. The first-order chi connectivity index (χ1) is 12.7. The maximum atomic E-state index is 12.4. The molecular weight excluding hydrogens is 340 g/mol. The van der Waals surface area contributed by atoms with E-state index in [1.807, 2.05) is 26.8 Å². The molecule has 142 valence electrons. The quantitative estimate of drug-likeness (QED) is 0.711. The summed E-state index contributed by atoms with van der Waals surface area (Å²) in [5.41, 5.74) is 2.94. The van der Waals surface area contributed by atoms with Gasteiger partial charge in [0, 0.05) is 35.4 Å². The van der Waals surface area contributed by atoms with Crippen LogP contribution < -0.4 is 15.4 Å². The van der Waals surface area contributed by atoms with Gasteiger partial charge in [-0.25, -0.2) is 4.79 Å². The number of aryl methyl sites for hydroxylation is 1. The molecule has 5 heteroatoms. The third-order valence-electron chi connectivity index (χ3n) is 5.61. The summed E-state index contributed by atoms with van der Waals surface area (Å²) in [6.45, 7) is 7.93. The number of phenolic OH excluding ortho intramolecular Hbond substituents is 1. The number of ether oxygens (including phenoxy) is 1. The van der Waals surface area contributed by atoms with Gasteiger partial charge in [-0.2, -0.15) is 0 Å². The predicted octanol–water partition coefficient (Wildman–Crippen LogP) is 4.10. The number of hydrogen-bond acceptors (Lipinski definition) is 3. The summed E-state index contributed by atoms with van der Waals surface area (Å²) in [5.74, 6) is 0.945. The van der Waals surface area contributed by atoms with Gasteiger partial charge in [0.1, 0.15) is 11.5 Å².